The van der Waals surface area contributed by atoms with Gasteiger partial charge in [-0.2, -0.15) is 0 Å². The van der Waals surface area contributed by atoms with Crippen LogP contribution in [0.3, 0.4) is 0 Å². The molecular weight excluding hydrogens is 634 g/mol. The molecule has 258 valence electrons. The van der Waals surface area contributed by atoms with Crippen LogP contribution in [0.1, 0.15) is 51.4 Å². The van der Waals surface area contributed by atoms with Gasteiger partial charge in [-0.05, 0) is 62.3 Å². The molecule has 0 spiro atoms. The first-order valence-electron chi connectivity index (χ1n) is 15.3. The molecule has 2 aliphatic heterocycles. The predicted molar refractivity (Wildman–Crippen MR) is 183 cm³/mol. The highest BCUT2D eigenvalue weighted by atomic mass is 35.5. The van der Waals surface area contributed by atoms with Gasteiger partial charge in [-0.3, -0.25) is 4.99 Å². The summed E-state index contributed by atoms with van der Waals surface area (Å²) >= 11 is 5.78. The quantitative estimate of drug-likeness (QED) is 0.160. The molecule has 2 aliphatic rings. The Balaban J connectivity index is 0.000000271. The SMILES string of the molecule is CC1CCOC[C@@H]1C.CO.COC(C)=Nc1cc(Cl)cc(O)c1C.O=C[C@@H]1CCCN1/C(=N/F)c1oc2ccccc2c1N=CCF. The molecule has 2 saturated heterocycles. The Morgan fingerprint density at radius 3 is 2.51 bits per heavy atom. The van der Waals surface area contributed by atoms with E-state index in [0.29, 0.717) is 51.8 Å². The van der Waals surface area contributed by atoms with E-state index in [0.717, 1.165) is 51.1 Å². The molecule has 2 aromatic carbocycles. The third kappa shape index (κ3) is 11.1. The number of likely N-dealkylation sites (tertiary alicyclic amines) is 1. The maximum Gasteiger partial charge on any atom is 0.207 e. The molecule has 0 saturated carbocycles. The molecule has 2 N–H and O–H groups in total. The second-order valence-corrected chi connectivity index (χ2v) is 11.3. The average Bonchev–Trinajstić information content (AvgIpc) is 3.70. The normalized spacial score (nSPS) is 19.7. The van der Waals surface area contributed by atoms with E-state index in [4.69, 9.17) is 30.6 Å². The minimum absolute atomic E-state index is 0.0817. The monoisotopic (exact) mass is 678 g/mol. The number of fused-ring (bicyclic) bond motifs is 1. The van der Waals surface area contributed by atoms with Crippen LogP contribution in [0.15, 0.2) is 56.0 Å². The molecule has 0 amide bonds. The first kappa shape index (κ1) is 39.3. The number of phenolic OH excluding ortho intramolecular Hbond substituents is 1. The first-order valence-corrected chi connectivity index (χ1v) is 15.6. The van der Waals surface area contributed by atoms with Crippen LogP contribution in [0.5, 0.6) is 5.75 Å². The van der Waals surface area contributed by atoms with Gasteiger partial charge in [-0.25, -0.2) is 9.38 Å². The number of carbonyl (C=O) groups excluding carboxylic acids is 1. The van der Waals surface area contributed by atoms with Crippen LogP contribution in [-0.4, -0.2) is 86.0 Å². The van der Waals surface area contributed by atoms with Crippen LogP contribution in [0.2, 0.25) is 5.02 Å². The molecule has 5 rings (SSSR count). The lowest BCUT2D eigenvalue weighted by Gasteiger charge is -2.24. The average molecular weight is 679 g/mol. The van der Waals surface area contributed by atoms with E-state index in [-0.39, 0.29) is 17.3 Å². The summed E-state index contributed by atoms with van der Waals surface area (Å²) in [6.45, 7) is 9.76. The van der Waals surface area contributed by atoms with Gasteiger partial charge in [0.2, 0.25) is 5.84 Å². The van der Waals surface area contributed by atoms with Crippen molar-refractivity contribution in [3.8, 4) is 5.75 Å². The number of amidine groups is 1. The van der Waals surface area contributed by atoms with Gasteiger partial charge in [0.1, 0.15) is 30.0 Å². The number of furan rings is 1. The minimum atomic E-state index is -0.748. The number of carbonyl (C=O) groups is 1. The van der Waals surface area contributed by atoms with Crippen molar-refractivity contribution < 1.29 is 37.8 Å². The summed E-state index contributed by atoms with van der Waals surface area (Å²) in [4.78, 5) is 20.9. The second-order valence-electron chi connectivity index (χ2n) is 10.9. The molecule has 10 nitrogen and oxygen atoms in total. The zero-order valence-corrected chi connectivity index (χ0v) is 28.5. The number of aliphatic imine (C=N–C) groups is 2. The van der Waals surface area contributed by atoms with Gasteiger partial charge >= 0.3 is 0 Å². The Bertz CT molecular complexity index is 1500. The van der Waals surface area contributed by atoms with Crippen molar-refractivity contribution >= 4 is 58.2 Å². The summed E-state index contributed by atoms with van der Waals surface area (Å²) in [5.41, 5.74) is 2.11. The largest absolute Gasteiger partial charge is 0.508 e. The molecule has 3 aromatic rings. The molecule has 1 aromatic heterocycles. The Hall–Kier alpha value is -3.87. The molecule has 13 heteroatoms. The summed E-state index contributed by atoms with van der Waals surface area (Å²) in [7, 11) is 2.54. The topological polar surface area (TPSA) is 129 Å². The number of nitrogens with zero attached hydrogens (tertiary/aromatic N) is 4. The first-order chi connectivity index (χ1) is 22.6. The van der Waals surface area contributed by atoms with E-state index in [9.17, 15) is 18.8 Å². The zero-order chi connectivity index (χ0) is 34.9. The van der Waals surface area contributed by atoms with Crippen molar-refractivity contribution in [1.29, 1.82) is 0 Å². The van der Waals surface area contributed by atoms with Crippen molar-refractivity contribution in [2.45, 2.75) is 53.0 Å². The van der Waals surface area contributed by atoms with Crippen LogP contribution in [0, 0.1) is 18.8 Å². The summed E-state index contributed by atoms with van der Waals surface area (Å²) in [5.74, 6) is 2.34. The molecule has 3 heterocycles. The van der Waals surface area contributed by atoms with E-state index in [1.165, 1.54) is 12.5 Å². The van der Waals surface area contributed by atoms with Gasteiger partial charge in [0.15, 0.2) is 11.7 Å². The lowest BCUT2D eigenvalue weighted by Crippen LogP contribution is -2.36. The van der Waals surface area contributed by atoms with Crippen molar-refractivity contribution in [2.24, 2.45) is 27.0 Å². The number of hydrogen-bond donors (Lipinski definition) is 2. The van der Waals surface area contributed by atoms with E-state index in [2.05, 4.69) is 29.0 Å². The summed E-state index contributed by atoms with van der Waals surface area (Å²) in [5, 5.41) is 20.4. The Labute approximate surface area is 279 Å². The van der Waals surface area contributed by atoms with Crippen molar-refractivity contribution in [1.82, 2.24) is 4.90 Å². The maximum absolute atomic E-state index is 13.4. The van der Waals surface area contributed by atoms with E-state index in [1.807, 2.05) is 0 Å². The number of para-hydroxylation sites is 1. The highest BCUT2D eigenvalue weighted by molar-refractivity contribution is 6.31. The number of aliphatic hydroxyl groups is 1. The number of methoxy groups -OCH3 is 1. The molecule has 2 fully saturated rings. The second kappa shape index (κ2) is 20.4. The van der Waals surface area contributed by atoms with Gasteiger partial charge in [-0.15, -0.1) is 0 Å². The van der Waals surface area contributed by atoms with Gasteiger partial charge < -0.3 is 33.8 Å². The van der Waals surface area contributed by atoms with Crippen molar-refractivity contribution in [3.05, 3.63) is 52.7 Å². The predicted octanol–water partition coefficient (Wildman–Crippen LogP) is 7.74. The van der Waals surface area contributed by atoms with Gasteiger partial charge in [0.05, 0.1) is 18.8 Å². The third-order valence-corrected chi connectivity index (χ3v) is 8.05. The smallest absolute Gasteiger partial charge is 0.207 e. The fourth-order valence-electron chi connectivity index (χ4n) is 4.82. The number of halogens is 3. The maximum atomic E-state index is 13.4. The van der Waals surface area contributed by atoms with E-state index in [1.54, 1.807) is 56.2 Å². The third-order valence-electron chi connectivity index (χ3n) is 7.83. The summed E-state index contributed by atoms with van der Waals surface area (Å²) < 4.78 is 41.7. The zero-order valence-electron chi connectivity index (χ0n) is 27.8. The van der Waals surface area contributed by atoms with E-state index >= 15 is 0 Å². The fourth-order valence-corrected chi connectivity index (χ4v) is 5.03. The molecule has 0 aliphatic carbocycles. The van der Waals surface area contributed by atoms with E-state index < -0.39 is 12.7 Å². The fraction of sp³-hybridized carbons (Fsp3) is 0.471. The number of ether oxygens (including phenoxy) is 2. The highest BCUT2D eigenvalue weighted by Gasteiger charge is 2.32. The summed E-state index contributed by atoms with van der Waals surface area (Å²) in [6.07, 6.45) is 4.49. The number of aliphatic hydroxyl groups excluding tert-OH is 1. The number of hydrogen-bond acceptors (Lipinski definition) is 9. The number of benzene rings is 2. The number of aldehydes is 1. The Morgan fingerprint density at radius 1 is 1.19 bits per heavy atom. The molecule has 47 heavy (non-hydrogen) atoms. The number of aromatic hydroxyl groups is 1. The number of phenols is 1. The molecular formula is C34H45ClF2N4O6. The van der Waals surface area contributed by atoms with Crippen LogP contribution < -0.4 is 0 Å². The molecule has 0 radical (unpaired) electrons. The van der Waals surface area contributed by atoms with Crippen LogP contribution in [-0.2, 0) is 14.3 Å². The summed E-state index contributed by atoms with van der Waals surface area (Å²) in [6, 6.07) is 9.74. The van der Waals surface area contributed by atoms with Crippen molar-refractivity contribution in [2.75, 3.05) is 40.7 Å². The lowest BCUT2D eigenvalue weighted by molar-refractivity contribution is -0.110. The van der Waals surface area contributed by atoms with Crippen LogP contribution in [0.25, 0.3) is 11.0 Å². The Morgan fingerprint density at radius 2 is 1.91 bits per heavy atom. The standard InChI is InChI=1S/C16H15F2N3O2.C10H12ClNO2.C7H14O.CH4O/c17-7-8-19-14-12-5-1-2-6-13(12)23-15(14)16(20-18)21-9-3-4-11(21)10-22;1-6-9(12-7(2)14-3)4-8(11)5-10(6)13;1-6-3-4-8-5-7(6)2;1-2/h1-2,5-6,8,10-11H,3-4,7,9H2;4-5,13H,1-3H3;6-7H,3-5H2,1-2H3;2H,1H3/b19-8?,20-16+;;;/t11-;;6?,7-;/m0.0./s1. The number of rotatable bonds is 5. The van der Waals surface area contributed by atoms with Gasteiger partial charge in [0.25, 0.3) is 0 Å². The Kier molecular flexibility index (Phi) is 17.0. The van der Waals surface area contributed by atoms with Gasteiger partial charge in [0, 0.05) is 56.0 Å². The molecule has 1 unspecified atom stereocenters. The number of alkyl halides is 1. The molecule has 0 bridgehead atoms. The lowest BCUT2D eigenvalue weighted by atomic mass is 9.92. The van der Waals surface area contributed by atoms with Crippen molar-refractivity contribution in [3.63, 3.8) is 0 Å². The molecule has 3 atom stereocenters. The minimum Gasteiger partial charge on any atom is -0.508 e. The highest BCUT2D eigenvalue weighted by Crippen LogP contribution is 2.36. The van der Waals surface area contributed by atoms with Crippen LogP contribution >= 0.6 is 11.6 Å². The van der Waals surface area contributed by atoms with Gasteiger partial charge in [-0.1, -0.05) is 47.3 Å². The van der Waals surface area contributed by atoms with Crippen LogP contribution in [0.4, 0.5) is 20.2 Å².